The van der Waals surface area contributed by atoms with Gasteiger partial charge in [-0.2, -0.15) is 0 Å². The van der Waals surface area contributed by atoms with Gasteiger partial charge in [-0.25, -0.2) is 4.98 Å². The lowest BCUT2D eigenvalue weighted by atomic mass is 9.92. The Hall–Kier alpha value is -1.40. The van der Waals surface area contributed by atoms with Crippen molar-refractivity contribution in [1.82, 2.24) is 10.3 Å². The normalized spacial score (nSPS) is 21.1. The number of rotatable bonds is 6. The van der Waals surface area contributed by atoms with Gasteiger partial charge in [-0.15, -0.1) is 0 Å². The van der Waals surface area contributed by atoms with E-state index in [0.29, 0.717) is 5.11 Å². The van der Waals surface area contributed by atoms with Gasteiger partial charge >= 0.3 is 0 Å². The van der Waals surface area contributed by atoms with Gasteiger partial charge in [-0.3, -0.25) is 0 Å². The largest absolute Gasteiger partial charge is 0.385 e. The number of pyridine rings is 1. The number of hydrogen-bond donors (Lipinski definition) is 2. The molecule has 2 heterocycles. The van der Waals surface area contributed by atoms with Crippen molar-refractivity contribution in [3.8, 4) is 0 Å². The highest BCUT2D eigenvalue weighted by molar-refractivity contribution is 7.80. The molecule has 0 saturated carbocycles. The highest BCUT2D eigenvalue weighted by Crippen LogP contribution is 2.25. The van der Waals surface area contributed by atoms with E-state index in [9.17, 15) is 0 Å². The summed E-state index contributed by atoms with van der Waals surface area (Å²) in [5.74, 6) is 2.50. The van der Waals surface area contributed by atoms with Crippen LogP contribution in [0.1, 0.15) is 26.7 Å². The van der Waals surface area contributed by atoms with Crippen LogP contribution in [0.5, 0.6) is 0 Å². The number of piperidine rings is 1. The molecular formula is C17H28N4OS. The van der Waals surface area contributed by atoms with E-state index >= 15 is 0 Å². The number of hydrogen-bond acceptors (Lipinski definition) is 4. The molecule has 2 rings (SSSR count). The van der Waals surface area contributed by atoms with Crippen LogP contribution in [-0.2, 0) is 4.74 Å². The second kappa shape index (κ2) is 9.03. The molecule has 1 fully saturated rings. The van der Waals surface area contributed by atoms with Gasteiger partial charge in [0.15, 0.2) is 5.11 Å². The fraction of sp³-hybridized carbons (Fsp3) is 0.647. The quantitative estimate of drug-likeness (QED) is 0.615. The number of anilines is 2. The molecule has 1 aromatic heterocycles. The number of ether oxygens (including phenoxy) is 1. The van der Waals surface area contributed by atoms with Gasteiger partial charge in [-0.1, -0.05) is 13.8 Å². The molecule has 128 valence electrons. The third kappa shape index (κ3) is 5.95. The molecule has 0 radical (unpaired) electrons. The SMILES string of the molecule is COCCCNC(=S)Nc1ccc(N2C[C@H](C)C[C@H](C)C2)nc1. The molecule has 2 N–H and O–H groups in total. The summed E-state index contributed by atoms with van der Waals surface area (Å²) in [6.45, 7) is 8.33. The number of aromatic nitrogens is 1. The zero-order valence-corrected chi connectivity index (χ0v) is 15.2. The summed E-state index contributed by atoms with van der Waals surface area (Å²) in [6.07, 6.45) is 4.09. The van der Waals surface area contributed by atoms with E-state index in [-0.39, 0.29) is 0 Å². The zero-order valence-electron chi connectivity index (χ0n) is 14.3. The minimum Gasteiger partial charge on any atom is -0.385 e. The van der Waals surface area contributed by atoms with E-state index in [1.165, 1.54) is 6.42 Å². The first-order chi connectivity index (χ1) is 11.1. The Kier molecular flexibility index (Phi) is 7.05. The fourth-order valence-electron chi connectivity index (χ4n) is 3.09. The second-order valence-electron chi connectivity index (χ2n) is 6.48. The van der Waals surface area contributed by atoms with Gasteiger partial charge in [0.1, 0.15) is 5.82 Å². The summed E-state index contributed by atoms with van der Waals surface area (Å²) >= 11 is 5.27. The van der Waals surface area contributed by atoms with Gasteiger partial charge < -0.3 is 20.3 Å². The summed E-state index contributed by atoms with van der Waals surface area (Å²) in [4.78, 5) is 6.97. The summed E-state index contributed by atoms with van der Waals surface area (Å²) in [5, 5.41) is 6.94. The summed E-state index contributed by atoms with van der Waals surface area (Å²) in [5.41, 5.74) is 0.913. The molecule has 2 atom stereocenters. The summed E-state index contributed by atoms with van der Waals surface area (Å²) in [6, 6.07) is 4.11. The molecule has 0 bridgehead atoms. The van der Waals surface area contributed by atoms with E-state index in [4.69, 9.17) is 17.0 Å². The second-order valence-corrected chi connectivity index (χ2v) is 6.89. The van der Waals surface area contributed by atoms with Crippen molar-refractivity contribution in [2.45, 2.75) is 26.7 Å². The maximum Gasteiger partial charge on any atom is 0.170 e. The van der Waals surface area contributed by atoms with Crippen LogP contribution in [0.2, 0.25) is 0 Å². The summed E-state index contributed by atoms with van der Waals surface area (Å²) < 4.78 is 5.01. The van der Waals surface area contributed by atoms with E-state index in [2.05, 4.69) is 40.4 Å². The van der Waals surface area contributed by atoms with E-state index in [1.54, 1.807) is 7.11 Å². The van der Waals surface area contributed by atoms with E-state index in [1.807, 2.05) is 12.3 Å². The van der Waals surface area contributed by atoms with Crippen LogP contribution in [0.15, 0.2) is 18.3 Å². The number of thiocarbonyl (C=S) groups is 1. The zero-order chi connectivity index (χ0) is 16.7. The molecule has 1 aliphatic rings. The van der Waals surface area contributed by atoms with E-state index in [0.717, 1.165) is 56.0 Å². The lowest BCUT2D eigenvalue weighted by Gasteiger charge is -2.35. The fourth-order valence-corrected chi connectivity index (χ4v) is 3.31. The Morgan fingerprint density at radius 1 is 1.35 bits per heavy atom. The van der Waals surface area contributed by atoms with Gasteiger partial charge in [0.25, 0.3) is 0 Å². The Morgan fingerprint density at radius 3 is 2.70 bits per heavy atom. The first-order valence-electron chi connectivity index (χ1n) is 8.33. The topological polar surface area (TPSA) is 49.4 Å². The lowest BCUT2D eigenvalue weighted by Crippen LogP contribution is -2.39. The van der Waals surface area contributed by atoms with Crippen molar-refractivity contribution in [2.24, 2.45) is 11.8 Å². The first kappa shape index (κ1) is 17.9. The summed E-state index contributed by atoms with van der Waals surface area (Å²) in [7, 11) is 1.70. The molecule has 23 heavy (non-hydrogen) atoms. The van der Waals surface area contributed by atoms with Crippen LogP contribution in [0.25, 0.3) is 0 Å². The van der Waals surface area contributed by atoms with Crippen molar-refractivity contribution >= 4 is 28.8 Å². The van der Waals surface area contributed by atoms with Crippen LogP contribution >= 0.6 is 12.2 Å². The van der Waals surface area contributed by atoms with Crippen LogP contribution in [0.3, 0.4) is 0 Å². The van der Waals surface area contributed by atoms with Crippen LogP contribution in [0.4, 0.5) is 11.5 Å². The average Bonchev–Trinajstić information content (AvgIpc) is 2.51. The highest BCUT2D eigenvalue weighted by atomic mass is 32.1. The Morgan fingerprint density at radius 2 is 2.09 bits per heavy atom. The maximum absolute atomic E-state index is 5.27. The average molecular weight is 337 g/mol. The van der Waals surface area contributed by atoms with Crippen molar-refractivity contribution in [3.63, 3.8) is 0 Å². The Balaban J connectivity index is 1.83. The monoisotopic (exact) mass is 336 g/mol. The van der Waals surface area contributed by atoms with Crippen molar-refractivity contribution in [3.05, 3.63) is 18.3 Å². The third-order valence-electron chi connectivity index (χ3n) is 4.01. The minimum absolute atomic E-state index is 0.621. The molecule has 0 aliphatic carbocycles. The van der Waals surface area contributed by atoms with Crippen molar-refractivity contribution in [2.75, 3.05) is 43.6 Å². The molecule has 0 spiro atoms. The van der Waals surface area contributed by atoms with Gasteiger partial charge in [-0.05, 0) is 49.0 Å². The predicted molar refractivity (Wildman–Crippen MR) is 100 cm³/mol. The molecule has 0 unspecified atom stereocenters. The predicted octanol–water partition coefficient (Wildman–Crippen LogP) is 2.89. The lowest BCUT2D eigenvalue weighted by molar-refractivity contribution is 0.196. The van der Waals surface area contributed by atoms with Crippen LogP contribution in [-0.4, -0.2) is 43.4 Å². The van der Waals surface area contributed by atoms with Crippen LogP contribution < -0.4 is 15.5 Å². The minimum atomic E-state index is 0.621. The van der Waals surface area contributed by atoms with Crippen molar-refractivity contribution < 1.29 is 4.74 Å². The molecule has 1 aromatic rings. The molecule has 0 amide bonds. The van der Waals surface area contributed by atoms with Gasteiger partial charge in [0.05, 0.1) is 11.9 Å². The molecular weight excluding hydrogens is 308 g/mol. The standard InChI is InChI=1S/C17H28N4OS/c1-13-9-14(2)12-21(11-13)16-6-5-15(10-19-16)20-17(23)18-7-4-8-22-3/h5-6,10,13-14H,4,7-9,11-12H2,1-3H3,(H2,18,20,23)/t13-,14+. The van der Waals surface area contributed by atoms with E-state index < -0.39 is 0 Å². The van der Waals surface area contributed by atoms with Crippen molar-refractivity contribution in [1.29, 1.82) is 0 Å². The first-order valence-corrected chi connectivity index (χ1v) is 8.74. The molecule has 1 aliphatic heterocycles. The number of nitrogens with zero attached hydrogens (tertiary/aromatic N) is 2. The number of nitrogens with one attached hydrogen (secondary N) is 2. The Bertz CT molecular complexity index is 484. The van der Waals surface area contributed by atoms with Crippen LogP contribution in [0, 0.1) is 11.8 Å². The molecule has 6 heteroatoms. The van der Waals surface area contributed by atoms with Gasteiger partial charge in [0.2, 0.25) is 0 Å². The molecule has 1 saturated heterocycles. The number of methoxy groups -OCH3 is 1. The third-order valence-corrected chi connectivity index (χ3v) is 4.26. The maximum atomic E-state index is 5.27. The molecule has 0 aromatic carbocycles. The Labute approximate surface area is 144 Å². The molecule has 5 nitrogen and oxygen atoms in total. The van der Waals surface area contributed by atoms with Gasteiger partial charge in [0, 0.05) is 33.4 Å². The highest BCUT2D eigenvalue weighted by Gasteiger charge is 2.22. The smallest absolute Gasteiger partial charge is 0.170 e.